The molecule has 0 saturated heterocycles. The molecule has 0 amide bonds. The summed E-state index contributed by atoms with van der Waals surface area (Å²) in [7, 11) is 0. The molecule has 0 spiro atoms. The highest BCUT2D eigenvalue weighted by molar-refractivity contribution is 6.30. The van der Waals surface area contributed by atoms with E-state index in [1.165, 1.54) is 145 Å². The highest BCUT2D eigenvalue weighted by atomic mass is 35.5. The van der Waals surface area contributed by atoms with E-state index in [0.717, 1.165) is 22.3 Å². The standard InChI is InChI=1S/4C8H8F2.3C8H9F.4C8H10.C7H6ClF/c4*1-5-3-7(9)6(2)8(10)4-5;3*1-6-3-4-7(2)8(9)5-6;4*1-7-3-5-8(2)6-4-7;1-5-2-3-6(8)7(9)4-5/h4*3-4H,1-2H3;3*3-5H,1-2H3;4*3-6H,1-2H3;2-4H,1H3. The van der Waals surface area contributed by atoms with Crippen LogP contribution in [-0.4, -0.2) is 0 Å². The predicted octanol–water partition coefficient (Wildman–Crippen LogP) is 29.7. The predicted molar refractivity (Wildman–Crippen MR) is 431 cm³/mol. The molecule has 108 heavy (non-hydrogen) atoms. The van der Waals surface area contributed by atoms with Crippen molar-refractivity contribution in [2.75, 3.05) is 0 Å². The molecule has 0 unspecified atom stereocenters. The molecule has 0 bridgehead atoms. The van der Waals surface area contributed by atoms with Gasteiger partial charge in [-0.25, -0.2) is 52.7 Å². The van der Waals surface area contributed by atoms with Crippen LogP contribution < -0.4 is 0 Å². The van der Waals surface area contributed by atoms with E-state index in [4.69, 9.17) is 11.6 Å². The Bertz CT molecular complexity index is 3890. The summed E-state index contributed by atoms with van der Waals surface area (Å²) in [6.45, 7) is 41.8. The lowest BCUT2D eigenvalue weighted by molar-refractivity contribution is 0.565. The van der Waals surface area contributed by atoms with Crippen molar-refractivity contribution in [3.05, 3.63) is 421 Å². The molecule has 0 radical (unpaired) electrons. The lowest BCUT2D eigenvalue weighted by Gasteiger charge is -1.98. The maximum Gasteiger partial charge on any atom is 0.142 e. The van der Waals surface area contributed by atoms with Gasteiger partial charge in [-0.1, -0.05) is 196 Å². The first kappa shape index (κ1) is 96.1. The number of hydrogen-bond acceptors (Lipinski definition) is 0. The highest BCUT2D eigenvalue weighted by Gasteiger charge is 2.07. The minimum absolute atomic E-state index is 0.0885. The van der Waals surface area contributed by atoms with E-state index in [2.05, 4.69) is 152 Å². The van der Waals surface area contributed by atoms with Crippen molar-refractivity contribution in [3.63, 3.8) is 0 Å². The zero-order valence-electron chi connectivity index (χ0n) is 66.7. The van der Waals surface area contributed by atoms with Gasteiger partial charge in [0.25, 0.3) is 0 Å². The summed E-state index contributed by atoms with van der Waals surface area (Å²) in [4.78, 5) is 0. The van der Waals surface area contributed by atoms with Gasteiger partial charge in [0.1, 0.15) is 69.8 Å². The molecule has 12 rings (SSSR count). The molecule has 0 aliphatic rings. The number of halogens is 13. The molecule has 0 atom stereocenters. The Hall–Kier alpha value is -9.91. The van der Waals surface area contributed by atoms with Gasteiger partial charge in [-0.2, -0.15) is 0 Å². The van der Waals surface area contributed by atoms with Crippen LogP contribution >= 0.6 is 11.6 Å². The quantitative estimate of drug-likeness (QED) is 0.133. The molecule has 0 aliphatic heterocycles. The SMILES string of the molecule is Cc1cc(F)c(C)c(F)c1.Cc1cc(F)c(C)c(F)c1.Cc1cc(F)c(C)c(F)c1.Cc1cc(F)c(C)c(F)c1.Cc1ccc(C)c(F)c1.Cc1ccc(C)c(F)c1.Cc1ccc(C)c(F)c1.Cc1ccc(C)cc1.Cc1ccc(C)cc1.Cc1ccc(C)cc1.Cc1ccc(C)cc1.Cc1ccc(Cl)c(F)c1. The van der Waals surface area contributed by atoms with Crippen molar-refractivity contribution in [2.24, 2.45) is 0 Å². The first-order valence-corrected chi connectivity index (χ1v) is 35.2. The number of benzene rings is 12. The molecule has 0 aliphatic carbocycles. The Morgan fingerprint density at radius 3 is 0.380 bits per heavy atom. The van der Waals surface area contributed by atoms with Crippen molar-refractivity contribution in [3.8, 4) is 0 Å². The van der Waals surface area contributed by atoms with Gasteiger partial charge in [0.2, 0.25) is 0 Å². The van der Waals surface area contributed by atoms with E-state index in [0.29, 0.717) is 38.9 Å². The van der Waals surface area contributed by atoms with Gasteiger partial charge in [0, 0.05) is 22.3 Å². The minimum Gasteiger partial charge on any atom is -0.207 e. The third-order valence-electron chi connectivity index (χ3n) is 15.6. The number of aryl methyl sites for hydroxylation is 19. The van der Waals surface area contributed by atoms with Gasteiger partial charge < -0.3 is 0 Å². The fraction of sp³-hybridized carbons (Fsp3) is 0.242. The molecule has 576 valence electrons. The molecule has 0 saturated carbocycles. The average Bonchev–Trinajstić information content (AvgIpc) is 0.871. The normalized spacial score (nSPS) is 9.67. The van der Waals surface area contributed by atoms with Crippen LogP contribution in [0.1, 0.15) is 128 Å². The third-order valence-corrected chi connectivity index (χ3v) is 15.9. The number of rotatable bonds is 0. The smallest absolute Gasteiger partial charge is 0.142 e. The summed E-state index contributed by atoms with van der Waals surface area (Å²) in [6.07, 6.45) is 0. The first-order chi connectivity index (χ1) is 50.4. The van der Waals surface area contributed by atoms with Gasteiger partial charge in [-0.3, -0.25) is 0 Å². The fourth-order valence-electron chi connectivity index (χ4n) is 8.33. The molecule has 12 aromatic rings. The summed E-state index contributed by atoms with van der Waals surface area (Å²) in [5.41, 5.74) is 19.4. The molecule has 0 heterocycles. The van der Waals surface area contributed by atoms with E-state index in [-0.39, 0.29) is 50.5 Å². The van der Waals surface area contributed by atoms with E-state index in [1.54, 1.807) is 78.8 Å². The largest absolute Gasteiger partial charge is 0.207 e. The van der Waals surface area contributed by atoms with Crippen molar-refractivity contribution < 1.29 is 52.7 Å². The Labute approximate surface area is 641 Å². The highest BCUT2D eigenvalue weighted by Crippen LogP contribution is 2.19. The van der Waals surface area contributed by atoms with Gasteiger partial charge in [-0.15, -0.1) is 0 Å². The summed E-state index contributed by atoms with van der Waals surface area (Å²) in [6, 6.07) is 64.9. The lowest BCUT2D eigenvalue weighted by atomic mass is 10.1. The maximum atomic E-state index is 12.6. The number of hydrogen-bond donors (Lipinski definition) is 0. The van der Waals surface area contributed by atoms with Crippen molar-refractivity contribution in [1.29, 1.82) is 0 Å². The van der Waals surface area contributed by atoms with E-state index < -0.39 is 46.5 Å². The van der Waals surface area contributed by atoms with Crippen LogP contribution in [0.5, 0.6) is 0 Å². The summed E-state index contributed by atoms with van der Waals surface area (Å²) in [5.74, 6) is -4.49. The molecule has 0 N–H and O–H groups in total. The molecule has 0 aromatic heterocycles. The van der Waals surface area contributed by atoms with Crippen molar-refractivity contribution in [2.45, 2.75) is 159 Å². The van der Waals surface area contributed by atoms with Crippen LogP contribution in [0, 0.1) is 229 Å². The zero-order valence-corrected chi connectivity index (χ0v) is 67.5. The van der Waals surface area contributed by atoms with Crippen molar-refractivity contribution >= 4 is 11.6 Å². The molecule has 13 heteroatoms. The summed E-state index contributed by atoms with van der Waals surface area (Å²) < 4.78 is 151. The van der Waals surface area contributed by atoms with Crippen LogP contribution in [0.15, 0.2) is 218 Å². The average molecular weight is 1510 g/mol. The Morgan fingerprint density at radius 1 is 0.139 bits per heavy atom. The second-order valence-electron chi connectivity index (χ2n) is 26.7. The molecular formula is C95H105ClF12. The van der Waals surface area contributed by atoms with E-state index in [1.807, 2.05) is 45.9 Å². The molecular weight excluding hydrogens is 1400 g/mol. The molecule has 0 fully saturated rings. The minimum atomic E-state index is -0.475. The Morgan fingerprint density at radius 2 is 0.259 bits per heavy atom. The van der Waals surface area contributed by atoms with E-state index in [9.17, 15) is 52.7 Å². The summed E-state index contributed by atoms with van der Waals surface area (Å²) >= 11 is 5.41. The van der Waals surface area contributed by atoms with Gasteiger partial charge in [0.05, 0.1) is 5.02 Å². The van der Waals surface area contributed by atoms with Crippen LogP contribution in [0.2, 0.25) is 5.02 Å². The summed E-state index contributed by atoms with van der Waals surface area (Å²) in [5, 5.41) is 0.181. The Balaban J connectivity index is 0.000000590. The van der Waals surface area contributed by atoms with Crippen LogP contribution in [0.25, 0.3) is 0 Å². The fourth-order valence-corrected chi connectivity index (χ4v) is 8.45. The second kappa shape index (κ2) is 49.9. The van der Waals surface area contributed by atoms with Crippen LogP contribution in [-0.2, 0) is 0 Å². The van der Waals surface area contributed by atoms with E-state index >= 15 is 0 Å². The molecule has 12 aromatic carbocycles. The van der Waals surface area contributed by atoms with Gasteiger partial charge in [0.15, 0.2) is 0 Å². The van der Waals surface area contributed by atoms with Crippen LogP contribution in [0.4, 0.5) is 52.7 Å². The van der Waals surface area contributed by atoms with Crippen molar-refractivity contribution in [1.82, 2.24) is 0 Å². The molecule has 0 nitrogen and oxygen atoms in total. The maximum absolute atomic E-state index is 12.6. The van der Waals surface area contributed by atoms with Crippen LogP contribution in [0.3, 0.4) is 0 Å². The second-order valence-corrected chi connectivity index (χ2v) is 27.1. The van der Waals surface area contributed by atoms with Gasteiger partial charge in [-0.05, 0) is 299 Å². The monoisotopic (exact) mass is 1510 g/mol. The Kier molecular flexibility index (Phi) is 44.4. The zero-order chi connectivity index (χ0) is 82.2. The van der Waals surface area contributed by atoms with Gasteiger partial charge >= 0.3 is 0 Å². The third kappa shape index (κ3) is 40.7. The first-order valence-electron chi connectivity index (χ1n) is 34.8. The lowest BCUT2D eigenvalue weighted by Crippen LogP contribution is -1.89. The topological polar surface area (TPSA) is 0 Å².